The molecule has 1 aromatic heterocycles. The average Bonchev–Trinajstić information content (AvgIpc) is 2.85. The van der Waals surface area contributed by atoms with Gasteiger partial charge in [-0.05, 0) is 24.1 Å². The zero-order valence-electron chi connectivity index (χ0n) is 12.0. The Morgan fingerprint density at radius 3 is 2.82 bits per heavy atom. The minimum absolute atomic E-state index is 0.110. The molecule has 1 heterocycles. The molecule has 0 spiro atoms. The SMILES string of the molecule is CCCC(=O)Nc1cnn(Cc2cccc(C(F)(F)F)c2)c1. The van der Waals surface area contributed by atoms with E-state index in [0.29, 0.717) is 17.7 Å². The van der Waals surface area contributed by atoms with E-state index in [-0.39, 0.29) is 12.5 Å². The van der Waals surface area contributed by atoms with Gasteiger partial charge in [0.15, 0.2) is 0 Å². The van der Waals surface area contributed by atoms with Gasteiger partial charge in [0.2, 0.25) is 5.91 Å². The maximum Gasteiger partial charge on any atom is 0.416 e. The molecule has 2 aromatic rings. The van der Waals surface area contributed by atoms with Crippen LogP contribution in [0.25, 0.3) is 0 Å². The average molecular weight is 311 g/mol. The van der Waals surface area contributed by atoms with Crippen LogP contribution < -0.4 is 5.32 Å². The molecule has 118 valence electrons. The van der Waals surface area contributed by atoms with E-state index in [9.17, 15) is 18.0 Å². The summed E-state index contributed by atoms with van der Waals surface area (Å²) < 4.78 is 39.5. The highest BCUT2D eigenvalue weighted by molar-refractivity contribution is 5.90. The zero-order valence-corrected chi connectivity index (χ0v) is 12.0. The molecule has 0 saturated carbocycles. The van der Waals surface area contributed by atoms with Gasteiger partial charge in [-0.3, -0.25) is 9.48 Å². The minimum atomic E-state index is -4.36. The summed E-state index contributed by atoms with van der Waals surface area (Å²) >= 11 is 0. The van der Waals surface area contributed by atoms with Crippen LogP contribution in [0, 0.1) is 0 Å². The van der Waals surface area contributed by atoms with E-state index >= 15 is 0 Å². The molecule has 0 aliphatic rings. The second-order valence-electron chi connectivity index (χ2n) is 4.92. The number of nitrogens with one attached hydrogen (secondary N) is 1. The van der Waals surface area contributed by atoms with Crippen LogP contribution in [0.5, 0.6) is 0 Å². The first-order valence-electron chi connectivity index (χ1n) is 6.87. The Bertz CT molecular complexity index is 649. The van der Waals surface area contributed by atoms with Crippen molar-refractivity contribution < 1.29 is 18.0 Å². The molecular formula is C15H16F3N3O. The smallest absolute Gasteiger partial charge is 0.323 e. The van der Waals surface area contributed by atoms with Gasteiger partial charge in [-0.1, -0.05) is 19.1 Å². The largest absolute Gasteiger partial charge is 0.416 e. The van der Waals surface area contributed by atoms with Crippen molar-refractivity contribution in [2.45, 2.75) is 32.5 Å². The Labute approximate surface area is 125 Å². The van der Waals surface area contributed by atoms with Gasteiger partial charge < -0.3 is 5.32 Å². The number of carbonyl (C=O) groups is 1. The number of rotatable bonds is 5. The summed E-state index contributed by atoms with van der Waals surface area (Å²) in [6.07, 6.45) is -0.141. The lowest BCUT2D eigenvalue weighted by molar-refractivity contribution is -0.137. The Kier molecular flexibility index (Phi) is 4.85. The standard InChI is InChI=1S/C15H16F3N3O/c1-2-4-14(22)20-13-8-19-21(10-13)9-11-5-3-6-12(7-11)15(16,17)18/h3,5-8,10H,2,4,9H2,1H3,(H,20,22). The van der Waals surface area contributed by atoms with Crippen molar-refractivity contribution in [1.29, 1.82) is 0 Å². The normalized spacial score (nSPS) is 11.5. The molecule has 0 fully saturated rings. The fourth-order valence-corrected chi connectivity index (χ4v) is 2.00. The van der Waals surface area contributed by atoms with Crippen LogP contribution in [-0.4, -0.2) is 15.7 Å². The first-order chi connectivity index (χ1) is 10.4. The van der Waals surface area contributed by atoms with Gasteiger partial charge in [0.25, 0.3) is 0 Å². The molecule has 2 rings (SSSR count). The zero-order chi connectivity index (χ0) is 16.2. The molecular weight excluding hydrogens is 295 g/mol. The first kappa shape index (κ1) is 16.1. The molecule has 0 saturated heterocycles. The first-order valence-corrected chi connectivity index (χ1v) is 6.87. The lowest BCUT2D eigenvalue weighted by Gasteiger charge is -2.08. The second kappa shape index (κ2) is 6.64. The van der Waals surface area contributed by atoms with Gasteiger partial charge in [-0.2, -0.15) is 18.3 Å². The monoisotopic (exact) mass is 311 g/mol. The summed E-state index contributed by atoms with van der Waals surface area (Å²) in [4.78, 5) is 11.5. The lowest BCUT2D eigenvalue weighted by Crippen LogP contribution is -2.10. The van der Waals surface area contributed by atoms with E-state index in [1.54, 1.807) is 12.3 Å². The van der Waals surface area contributed by atoms with Gasteiger partial charge in [-0.15, -0.1) is 0 Å². The fraction of sp³-hybridized carbons (Fsp3) is 0.333. The number of anilines is 1. The van der Waals surface area contributed by atoms with E-state index in [0.717, 1.165) is 18.6 Å². The van der Waals surface area contributed by atoms with Crippen LogP contribution in [0.3, 0.4) is 0 Å². The molecule has 1 aromatic carbocycles. The van der Waals surface area contributed by atoms with Crippen molar-refractivity contribution in [1.82, 2.24) is 9.78 Å². The number of alkyl halides is 3. The Balaban J connectivity index is 2.06. The quantitative estimate of drug-likeness (QED) is 0.915. The summed E-state index contributed by atoms with van der Waals surface area (Å²) in [5.74, 6) is -0.110. The molecule has 0 unspecified atom stereocenters. The van der Waals surface area contributed by atoms with Crippen LogP contribution in [0.15, 0.2) is 36.7 Å². The highest BCUT2D eigenvalue weighted by Crippen LogP contribution is 2.29. The Hall–Kier alpha value is -2.31. The Morgan fingerprint density at radius 2 is 2.14 bits per heavy atom. The number of hydrogen-bond acceptors (Lipinski definition) is 2. The highest BCUT2D eigenvalue weighted by Gasteiger charge is 2.30. The molecule has 7 heteroatoms. The Morgan fingerprint density at radius 1 is 1.36 bits per heavy atom. The molecule has 0 atom stereocenters. The summed E-state index contributed by atoms with van der Waals surface area (Å²) in [5, 5.41) is 6.72. The highest BCUT2D eigenvalue weighted by atomic mass is 19.4. The summed E-state index contributed by atoms with van der Waals surface area (Å²) in [6, 6.07) is 5.10. The van der Waals surface area contributed by atoms with Crippen molar-refractivity contribution in [2.75, 3.05) is 5.32 Å². The summed E-state index contributed by atoms with van der Waals surface area (Å²) in [7, 11) is 0. The lowest BCUT2D eigenvalue weighted by atomic mass is 10.1. The third-order valence-corrected chi connectivity index (χ3v) is 2.99. The molecule has 4 nitrogen and oxygen atoms in total. The molecule has 1 amide bonds. The molecule has 1 N–H and O–H groups in total. The number of nitrogens with zero attached hydrogens (tertiary/aromatic N) is 2. The van der Waals surface area contributed by atoms with Crippen molar-refractivity contribution in [3.05, 3.63) is 47.8 Å². The number of benzene rings is 1. The van der Waals surface area contributed by atoms with E-state index in [1.807, 2.05) is 6.92 Å². The number of hydrogen-bond donors (Lipinski definition) is 1. The van der Waals surface area contributed by atoms with Gasteiger partial charge in [0, 0.05) is 12.6 Å². The molecule has 0 aliphatic heterocycles. The number of halogens is 3. The number of carbonyl (C=O) groups excluding carboxylic acids is 1. The molecule has 22 heavy (non-hydrogen) atoms. The van der Waals surface area contributed by atoms with E-state index in [2.05, 4.69) is 10.4 Å². The summed E-state index contributed by atoms with van der Waals surface area (Å²) in [5.41, 5.74) is 0.336. The topological polar surface area (TPSA) is 46.9 Å². The van der Waals surface area contributed by atoms with Crippen molar-refractivity contribution in [3.63, 3.8) is 0 Å². The predicted octanol–water partition coefficient (Wildman–Crippen LogP) is 3.69. The van der Waals surface area contributed by atoms with Crippen LogP contribution >= 0.6 is 0 Å². The fourth-order valence-electron chi connectivity index (χ4n) is 2.00. The van der Waals surface area contributed by atoms with E-state index in [4.69, 9.17) is 0 Å². The minimum Gasteiger partial charge on any atom is -0.323 e. The maximum atomic E-state index is 12.7. The number of amides is 1. The van der Waals surface area contributed by atoms with Crippen LogP contribution in [0.1, 0.15) is 30.9 Å². The molecule has 0 aliphatic carbocycles. The van der Waals surface area contributed by atoms with E-state index < -0.39 is 11.7 Å². The van der Waals surface area contributed by atoms with E-state index in [1.165, 1.54) is 16.9 Å². The van der Waals surface area contributed by atoms with Gasteiger partial charge >= 0.3 is 6.18 Å². The van der Waals surface area contributed by atoms with Crippen molar-refractivity contribution >= 4 is 11.6 Å². The van der Waals surface area contributed by atoms with Gasteiger partial charge in [0.1, 0.15) is 0 Å². The third-order valence-electron chi connectivity index (χ3n) is 2.99. The predicted molar refractivity (Wildman–Crippen MR) is 76.3 cm³/mol. The third kappa shape index (κ3) is 4.34. The van der Waals surface area contributed by atoms with Crippen molar-refractivity contribution in [3.8, 4) is 0 Å². The summed E-state index contributed by atoms with van der Waals surface area (Å²) in [6.45, 7) is 2.10. The van der Waals surface area contributed by atoms with Gasteiger partial charge in [-0.25, -0.2) is 0 Å². The van der Waals surface area contributed by atoms with Crippen LogP contribution in [0.4, 0.5) is 18.9 Å². The second-order valence-corrected chi connectivity index (χ2v) is 4.92. The van der Waals surface area contributed by atoms with Crippen LogP contribution in [-0.2, 0) is 17.5 Å². The van der Waals surface area contributed by atoms with Crippen LogP contribution in [0.2, 0.25) is 0 Å². The molecule has 0 radical (unpaired) electrons. The maximum absolute atomic E-state index is 12.7. The molecule has 0 bridgehead atoms. The van der Waals surface area contributed by atoms with Gasteiger partial charge in [0.05, 0.1) is 24.0 Å². The number of aromatic nitrogens is 2. The van der Waals surface area contributed by atoms with Crippen molar-refractivity contribution in [2.24, 2.45) is 0 Å².